The second kappa shape index (κ2) is 6.37. The fraction of sp³-hybridized carbons (Fsp3) is 0. The smallest absolute Gasteiger partial charge is 0.269 e. The van der Waals surface area contributed by atoms with Crippen LogP contribution in [0.25, 0.3) is 16.8 Å². The van der Waals surface area contributed by atoms with E-state index >= 15 is 0 Å². The maximum absolute atomic E-state index is 10.6. The van der Waals surface area contributed by atoms with Crippen LogP contribution in [0.2, 0.25) is 0 Å². The van der Waals surface area contributed by atoms with Crippen LogP contribution in [0.4, 0.5) is 17.2 Å². The quantitative estimate of drug-likeness (QED) is 0.346. The number of rotatable bonds is 5. The number of hydrogen-bond acceptors (Lipinski definition) is 5. The molecule has 0 spiro atoms. The van der Waals surface area contributed by atoms with Gasteiger partial charge in [0.25, 0.3) is 5.69 Å². The molecule has 3 aromatic rings. The van der Waals surface area contributed by atoms with Crippen LogP contribution in [-0.2, 0) is 0 Å². The van der Waals surface area contributed by atoms with Crippen molar-refractivity contribution in [3.8, 4) is 10.6 Å². The molecule has 0 N–H and O–H groups in total. The maximum Gasteiger partial charge on any atom is 0.269 e. The van der Waals surface area contributed by atoms with Crippen LogP contribution < -0.4 is 0 Å². The summed E-state index contributed by atoms with van der Waals surface area (Å²) in [5.74, 6) is 0.641. The number of benzene rings is 1. The molecular weight excluding hydrogens is 312 g/mol. The van der Waals surface area contributed by atoms with Gasteiger partial charge in [0, 0.05) is 18.3 Å². The molecule has 7 heteroatoms. The fourth-order valence-corrected chi connectivity index (χ4v) is 2.83. The molecule has 0 fully saturated rings. The van der Waals surface area contributed by atoms with Crippen LogP contribution in [0, 0.1) is 10.1 Å². The van der Waals surface area contributed by atoms with Crippen molar-refractivity contribution in [2.75, 3.05) is 0 Å². The van der Waals surface area contributed by atoms with Gasteiger partial charge in [-0.05, 0) is 35.7 Å². The van der Waals surface area contributed by atoms with E-state index in [1.165, 1.54) is 12.1 Å². The molecule has 0 radical (unpaired) electrons. The minimum Gasteiger partial charge on any atom is -0.300 e. The van der Waals surface area contributed by atoms with Gasteiger partial charge in [0.1, 0.15) is 0 Å². The Kier molecular flexibility index (Phi) is 4.11. The zero-order valence-electron chi connectivity index (χ0n) is 12.0. The van der Waals surface area contributed by atoms with Gasteiger partial charge in [0.05, 0.1) is 21.2 Å². The molecular formula is C16H12N4O2S. The summed E-state index contributed by atoms with van der Waals surface area (Å²) >= 11 is 1.63. The number of nitrogens with zero attached hydrogens (tertiary/aromatic N) is 4. The Morgan fingerprint density at radius 1 is 1.13 bits per heavy atom. The number of nitro groups is 1. The first-order chi connectivity index (χ1) is 11.2. The van der Waals surface area contributed by atoms with Crippen LogP contribution >= 0.6 is 11.3 Å². The summed E-state index contributed by atoms with van der Waals surface area (Å²) in [5.41, 5.74) is 1.57. The third-order valence-corrected chi connectivity index (χ3v) is 4.07. The van der Waals surface area contributed by atoms with Gasteiger partial charge in [0.15, 0.2) is 5.82 Å². The Morgan fingerprint density at radius 3 is 2.52 bits per heavy atom. The number of non-ortho nitro benzene ring substituents is 1. The van der Waals surface area contributed by atoms with Crippen molar-refractivity contribution in [2.24, 2.45) is 10.2 Å². The van der Waals surface area contributed by atoms with Crippen molar-refractivity contribution in [3.05, 3.63) is 70.6 Å². The third-order valence-electron chi connectivity index (χ3n) is 3.18. The Hall–Kier alpha value is -3.06. The molecule has 0 saturated carbocycles. The highest BCUT2D eigenvalue weighted by molar-refractivity contribution is 7.13. The molecule has 1 aromatic carbocycles. The van der Waals surface area contributed by atoms with E-state index in [2.05, 4.69) is 16.8 Å². The van der Waals surface area contributed by atoms with Gasteiger partial charge in [-0.3, -0.25) is 14.7 Å². The van der Waals surface area contributed by atoms with E-state index in [1.54, 1.807) is 29.7 Å². The third kappa shape index (κ3) is 3.09. The topological polar surface area (TPSA) is 72.8 Å². The zero-order valence-corrected chi connectivity index (χ0v) is 12.8. The second-order valence-corrected chi connectivity index (χ2v) is 5.53. The van der Waals surface area contributed by atoms with Gasteiger partial charge in [-0.25, -0.2) is 0 Å². The first kappa shape index (κ1) is 14.9. The highest BCUT2D eigenvalue weighted by Gasteiger charge is 2.08. The molecule has 23 heavy (non-hydrogen) atoms. The SMILES string of the molecule is C=Cn1c(N=Nc2ccc([N+](=O)[O-])cc2)ccc1-c1cccs1. The summed E-state index contributed by atoms with van der Waals surface area (Å²) in [6.45, 7) is 3.81. The molecule has 2 aromatic heterocycles. The fourth-order valence-electron chi connectivity index (χ4n) is 2.09. The molecule has 0 aliphatic heterocycles. The van der Waals surface area contributed by atoms with Crippen molar-refractivity contribution >= 4 is 34.7 Å². The number of azo groups is 1. The zero-order chi connectivity index (χ0) is 16.2. The molecule has 3 rings (SSSR count). The van der Waals surface area contributed by atoms with E-state index < -0.39 is 4.92 Å². The standard InChI is InChI=1S/C16H12N4O2S/c1-2-19-14(15-4-3-11-23-15)9-10-16(19)18-17-12-5-7-13(8-6-12)20(21)22/h2-11H,1H2. The highest BCUT2D eigenvalue weighted by Crippen LogP contribution is 2.31. The molecule has 0 saturated heterocycles. The van der Waals surface area contributed by atoms with Crippen LogP contribution in [-0.4, -0.2) is 9.49 Å². The summed E-state index contributed by atoms with van der Waals surface area (Å²) in [6, 6.07) is 13.7. The number of hydrogen-bond donors (Lipinski definition) is 0. The van der Waals surface area contributed by atoms with Gasteiger partial charge in [0.2, 0.25) is 0 Å². The summed E-state index contributed by atoms with van der Waals surface area (Å²) in [6.07, 6.45) is 1.68. The summed E-state index contributed by atoms with van der Waals surface area (Å²) in [5, 5.41) is 21.0. The molecule has 0 amide bonds. The van der Waals surface area contributed by atoms with Crippen molar-refractivity contribution in [1.82, 2.24) is 4.57 Å². The van der Waals surface area contributed by atoms with Gasteiger partial charge < -0.3 is 0 Å². The first-order valence-electron chi connectivity index (χ1n) is 6.73. The molecule has 0 atom stereocenters. The second-order valence-electron chi connectivity index (χ2n) is 4.58. The predicted octanol–water partition coefficient (Wildman–Crippen LogP) is 5.64. The monoisotopic (exact) mass is 324 g/mol. The Labute approximate surface area is 136 Å². The lowest BCUT2D eigenvalue weighted by molar-refractivity contribution is -0.384. The summed E-state index contributed by atoms with van der Waals surface area (Å²) < 4.78 is 1.85. The molecule has 0 bridgehead atoms. The number of thiophene rings is 1. The van der Waals surface area contributed by atoms with Crippen LogP contribution in [0.1, 0.15) is 0 Å². The van der Waals surface area contributed by atoms with Crippen LogP contribution in [0.15, 0.2) is 70.7 Å². The molecule has 0 aliphatic rings. The van der Waals surface area contributed by atoms with E-state index in [0.717, 1.165) is 10.6 Å². The highest BCUT2D eigenvalue weighted by atomic mass is 32.1. The van der Waals surface area contributed by atoms with Crippen molar-refractivity contribution < 1.29 is 4.92 Å². The molecule has 114 valence electrons. The number of aromatic nitrogens is 1. The normalized spacial score (nSPS) is 11.0. The summed E-state index contributed by atoms with van der Waals surface area (Å²) in [7, 11) is 0. The van der Waals surface area contributed by atoms with E-state index in [1.807, 2.05) is 34.2 Å². The maximum atomic E-state index is 10.6. The largest absolute Gasteiger partial charge is 0.300 e. The van der Waals surface area contributed by atoms with Crippen molar-refractivity contribution in [2.45, 2.75) is 0 Å². The Bertz CT molecular complexity index is 864. The van der Waals surface area contributed by atoms with Crippen molar-refractivity contribution in [3.63, 3.8) is 0 Å². The lowest BCUT2D eigenvalue weighted by Gasteiger charge is -2.02. The van der Waals surface area contributed by atoms with E-state index in [4.69, 9.17) is 0 Å². The van der Waals surface area contributed by atoms with Crippen molar-refractivity contribution in [1.29, 1.82) is 0 Å². The van der Waals surface area contributed by atoms with Crippen LogP contribution in [0.5, 0.6) is 0 Å². The minimum absolute atomic E-state index is 0.0263. The minimum atomic E-state index is -0.447. The van der Waals surface area contributed by atoms with Gasteiger partial charge in [-0.1, -0.05) is 12.6 Å². The van der Waals surface area contributed by atoms with E-state index in [0.29, 0.717) is 11.5 Å². The van der Waals surface area contributed by atoms with Crippen LogP contribution in [0.3, 0.4) is 0 Å². The Morgan fingerprint density at radius 2 is 1.91 bits per heavy atom. The Balaban J connectivity index is 1.88. The van der Waals surface area contributed by atoms with Gasteiger partial charge in [-0.15, -0.1) is 21.6 Å². The average molecular weight is 324 g/mol. The van der Waals surface area contributed by atoms with E-state index in [-0.39, 0.29) is 5.69 Å². The number of nitro benzene ring substituents is 1. The predicted molar refractivity (Wildman–Crippen MR) is 91.4 cm³/mol. The lowest BCUT2D eigenvalue weighted by Crippen LogP contribution is -1.86. The van der Waals surface area contributed by atoms with Gasteiger partial charge in [-0.2, -0.15) is 0 Å². The first-order valence-corrected chi connectivity index (χ1v) is 7.61. The summed E-state index contributed by atoms with van der Waals surface area (Å²) in [4.78, 5) is 11.3. The molecule has 2 heterocycles. The molecule has 0 aliphatic carbocycles. The van der Waals surface area contributed by atoms with Gasteiger partial charge >= 0.3 is 0 Å². The average Bonchev–Trinajstić information content (AvgIpc) is 3.22. The van der Waals surface area contributed by atoms with E-state index in [9.17, 15) is 10.1 Å². The molecule has 0 unspecified atom stereocenters. The lowest BCUT2D eigenvalue weighted by atomic mass is 10.3. The molecule has 6 nitrogen and oxygen atoms in total.